The maximum atomic E-state index is 11.4. The lowest BCUT2D eigenvalue weighted by atomic mass is 10.1. The van der Waals surface area contributed by atoms with Gasteiger partial charge in [0.05, 0.1) is 0 Å². The van der Waals surface area contributed by atoms with Crippen LogP contribution in [0, 0.1) is 0 Å². The molecule has 7 heteroatoms. The molecule has 0 saturated carbocycles. The van der Waals surface area contributed by atoms with Crippen molar-refractivity contribution in [2.75, 3.05) is 0 Å². The first-order valence-corrected chi connectivity index (χ1v) is 7.86. The highest BCUT2D eigenvalue weighted by molar-refractivity contribution is 5.74. The maximum absolute atomic E-state index is 11.4. The molecule has 0 amide bonds. The Hall–Kier alpha value is -2.74. The third-order valence-corrected chi connectivity index (χ3v) is 3.65. The van der Waals surface area contributed by atoms with Crippen LogP contribution in [0.25, 0.3) is 0 Å². The summed E-state index contributed by atoms with van der Waals surface area (Å²) in [7, 11) is 0. The van der Waals surface area contributed by atoms with E-state index in [1.165, 1.54) is 0 Å². The van der Waals surface area contributed by atoms with Gasteiger partial charge in [0.25, 0.3) is 0 Å². The molecule has 0 aliphatic carbocycles. The Bertz CT molecular complexity index is 620. The van der Waals surface area contributed by atoms with E-state index in [1.807, 2.05) is 60.7 Å². The number of carbonyl (C=O) groups is 2. The van der Waals surface area contributed by atoms with Gasteiger partial charge in [0.1, 0.15) is 12.1 Å². The van der Waals surface area contributed by atoms with E-state index in [9.17, 15) is 19.8 Å². The molecule has 0 heterocycles. The van der Waals surface area contributed by atoms with Crippen LogP contribution in [0.4, 0.5) is 0 Å². The van der Waals surface area contributed by atoms with Crippen LogP contribution < -0.4 is 16.4 Å². The predicted molar refractivity (Wildman–Crippen MR) is 92.5 cm³/mol. The summed E-state index contributed by atoms with van der Waals surface area (Å²) < 4.78 is 0. The molecular weight excluding hydrogens is 322 g/mol. The van der Waals surface area contributed by atoms with E-state index >= 15 is 0 Å². The average molecular weight is 343 g/mol. The first-order chi connectivity index (χ1) is 12.1. The number of carboxylic acids is 2. The standard InChI is InChI=1S/C18H21N3O4/c22-17(23)15(11-13-7-3-1-4-8-13)19-21-20-16(18(24)25)12-14-9-5-2-6-10-14/h1-10,15-16,19-21H,11-12H2,(H,22,23)(H,24,25)/t15-,16-/m0/s1. The Morgan fingerprint density at radius 3 is 1.40 bits per heavy atom. The minimum absolute atomic E-state index is 0.265. The predicted octanol–water partition coefficient (Wildman–Crippen LogP) is 0.977. The molecule has 0 bridgehead atoms. The molecule has 0 aromatic heterocycles. The third kappa shape index (κ3) is 6.34. The molecule has 2 aromatic carbocycles. The number of benzene rings is 2. The number of hydrogen-bond donors (Lipinski definition) is 5. The molecule has 0 aliphatic rings. The molecule has 7 nitrogen and oxygen atoms in total. The zero-order chi connectivity index (χ0) is 18.1. The van der Waals surface area contributed by atoms with Crippen molar-refractivity contribution in [2.45, 2.75) is 24.9 Å². The van der Waals surface area contributed by atoms with Crippen LogP contribution in [0.2, 0.25) is 0 Å². The summed E-state index contributed by atoms with van der Waals surface area (Å²) in [5.74, 6) is -2.07. The van der Waals surface area contributed by atoms with Gasteiger partial charge in [0.15, 0.2) is 0 Å². The van der Waals surface area contributed by atoms with Crippen molar-refractivity contribution >= 4 is 11.9 Å². The van der Waals surface area contributed by atoms with Gasteiger partial charge < -0.3 is 10.2 Å². The summed E-state index contributed by atoms with van der Waals surface area (Å²) in [4.78, 5) is 22.7. The van der Waals surface area contributed by atoms with Gasteiger partial charge in [-0.15, -0.1) is 0 Å². The fourth-order valence-corrected chi connectivity index (χ4v) is 2.32. The quantitative estimate of drug-likeness (QED) is 0.409. The van der Waals surface area contributed by atoms with Gasteiger partial charge in [-0.25, -0.2) is 10.9 Å². The minimum Gasteiger partial charge on any atom is -0.480 e. The molecule has 2 atom stereocenters. The monoisotopic (exact) mass is 343 g/mol. The van der Waals surface area contributed by atoms with Crippen molar-refractivity contribution in [1.82, 2.24) is 16.4 Å². The molecule has 0 aliphatic heterocycles. The Morgan fingerprint density at radius 2 is 1.08 bits per heavy atom. The van der Waals surface area contributed by atoms with Crippen LogP contribution in [-0.2, 0) is 22.4 Å². The summed E-state index contributed by atoms with van der Waals surface area (Å²) in [6, 6.07) is 16.6. The fourth-order valence-electron chi connectivity index (χ4n) is 2.32. The van der Waals surface area contributed by atoms with E-state index in [0.717, 1.165) is 11.1 Å². The van der Waals surface area contributed by atoms with Crippen molar-refractivity contribution in [3.63, 3.8) is 0 Å². The highest BCUT2D eigenvalue weighted by atomic mass is 16.4. The van der Waals surface area contributed by atoms with Crippen molar-refractivity contribution in [1.29, 1.82) is 0 Å². The van der Waals surface area contributed by atoms with Crippen molar-refractivity contribution < 1.29 is 19.8 Å². The second-order valence-electron chi connectivity index (χ2n) is 5.57. The van der Waals surface area contributed by atoms with Gasteiger partial charge in [0, 0.05) is 0 Å². The topological polar surface area (TPSA) is 111 Å². The van der Waals surface area contributed by atoms with Crippen LogP contribution in [0.5, 0.6) is 0 Å². The summed E-state index contributed by atoms with van der Waals surface area (Å²) in [6.45, 7) is 0. The summed E-state index contributed by atoms with van der Waals surface area (Å²) in [6.07, 6.45) is 0.530. The molecule has 0 saturated heterocycles. The van der Waals surface area contributed by atoms with E-state index in [0.29, 0.717) is 0 Å². The number of hydrogen-bond acceptors (Lipinski definition) is 5. The van der Waals surface area contributed by atoms with Crippen LogP contribution in [0.3, 0.4) is 0 Å². The van der Waals surface area contributed by atoms with Gasteiger partial charge in [-0.05, 0) is 24.0 Å². The second kappa shape index (κ2) is 9.53. The SMILES string of the molecule is O=C(O)[C@H](Cc1ccccc1)NNN[C@@H](Cc1ccccc1)C(=O)O. The minimum atomic E-state index is -1.03. The summed E-state index contributed by atoms with van der Waals surface area (Å²) in [5.41, 5.74) is 9.49. The lowest BCUT2D eigenvalue weighted by Crippen LogP contribution is -2.57. The molecular formula is C18H21N3O4. The number of nitrogens with one attached hydrogen (secondary N) is 3. The van der Waals surface area contributed by atoms with Gasteiger partial charge >= 0.3 is 11.9 Å². The zero-order valence-electron chi connectivity index (χ0n) is 13.6. The van der Waals surface area contributed by atoms with Crippen molar-refractivity contribution in [3.05, 3.63) is 71.8 Å². The smallest absolute Gasteiger partial charge is 0.322 e. The number of hydrazine groups is 2. The van der Waals surface area contributed by atoms with E-state index in [2.05, 4.69) is 16.4 Å². The van der Waals surface area contributed by atoms with Gasteiger partial charge in [-0.2, -0.15) is 5.53 Å². The molecule has 0 spiro atoms. The van der Waals surface area contributed by atoms with Gasteiger partial charge in [0.2, 0.25) is 0 Å². The molecule has 132 valence electrons. The Kier molecular flexibility index (Phi) is 7.09. The van der Waals surface area contributed by atoms with Crippen LogP contribution in [0.1, 0.15) is 11.1 Å². The van der Waals surface area contributed by atoms with E-state index < -0.39 is 24.0 Å². The largest absolute Gasteiger partial charge is 0.480 e. The van der Waals surface area contributed by atoms with Gasteiger partial charge in [-0.3, -0.25) is 9.59 Å². The normalized spacial score (nSPS) is 13.1. The first-order valence-electron chi connectivity index (χ1n) is 7.86. The summed E-state index contributed by atoms with van der Waals surface area (Å²) in [5, 5.41) is 18.6. The molecule has 0 fully saturated rings. The van der Waals surface area contributed by atoms with Gasteiger partial charge in [-0.1, -0.05) is 60.7 Å². The molecule has 25 heavy (non-hydrogen) atoms. The Balaban J connectivity index is 1.88. The van der Waals surface area contributed by atoms with Crippen LogP contribution in [0.15, 0.2) is 60.7 Å². The molecule has 0 radical (unpaired) electrons. The fraction of sp³-hybridized carbons (Fsp3) is 0.222. The maximum Gasteiger partial charge on any atom is 0.322 e. The third-order valence-electron chi connectivity index (χ3n) is 3.65. The van der Waals surface area contributed by atoms with Crippen LogP contribution in [-0.4, -0.2) is 34.2 Å². The lowest BCUT2D eigenvalue weighted by Gasteiger charge is -2.19. The average Bonchev–Trinajstić information content (AvgIpc) is 2.61. The molecule has 2 rings (SSSR count). The lowest BCUT2D eigenvalue weighted by molar-refractivity contribution is -0.140. The Labute approximate surface area is 145 Å². The van der Waals surface area contributed by atoms with Crippen molar-refractivity contribution in [2.24, 2.45) is 0 Å². The molecule has 0 unspecified atom stereocenters. The zero-order valence-corrected chi connectivity index (χ0v) is 13.6. The highest BCUT2D eigenvalue weighted by Gasteiger charge is 2.20. The highest BCUT2D eigenvalue weighted by Crippen LogP contribution is 2.04. The van der Waals surface area contributed by atoms with E-state index in [4.69, 9.17) is 0 Å². The number of aliphatic carboxylic acids is 2. The van der Waals surface area contributed by atoms with Crippen LogP contribution >= 0.6 is 0 Å². The molecule has 2 aromatic rings. The summed E-state index contributed by atoms with van der Waals surface area (Å²) >= 11 is 0. The number of carboxylic acid groups (broad SMARTS) is 2. The Morgan fingerprint density at radius 1 is 0.720 bits per heavy atom. The first kappa shape index (κ1) is 18.6. The van der Waals surface area contributed by atoms with E-state index in [1.54, 1.807) is 0 Å². The molecule has 5 N–H and O–H groups in total. The second-order valence-corrected chi connectivity index (χ2v) is 5.57. The number of rotatable bonds is 10. The van der Waals surface area contributed by atoms with E-state index in [-0.39, 0.29) is 12.8 Å². The van der Waals surface area contributed by atoms with Crippen molar-refractivity contribution in [3.8, 4) is 0 Å².